The van der Waals surface area contributed by atoms with Gasteiger partial charge in [-0.25, -0.2) is 19.9 Å². The molecule has 0 unspecified atom stereocenters. The molecule has 3 rings (SSSR count). The second-order valence-corrected chi connectivity index (χ2v) is 6.36. The molecule has 3 aromatic heterocycles. The smallest absolute Gasteiger partial charge is 0.177 e. The SMILES string of the molecule is CC(=O)c1c(C)nc(C)nc1SCc1nc2nccc(C)c2[nH]1. The molecule has 0 spiro atoms. The maximum atomic E-state index is 11.9. The lowest BCUT2D eigenvalue weighted by molar-refractivity contribution is 0.101. The zero-order chi connectivity index (χ0) is 16.6. The lowest BCUT2D eigenvalue weighted by Gasteiger charge is -2.08. The molecular weight excluding hydrogens is 310 g/mol. The zero-order valence-corrected chi connectivity index (χ0v) is 14.3. The minimum Gasteiger partial charge on any atom is -0.340 e. The molecule has 23 heavy (non-hydrogen) atoms. The first-order valence-electron chi connectivity index (χ1n) is 7.25. The second-order valence-electron chi connectivity index (χ2n) is 5.39. The summed E-state index contributed by atoms with van der Waals surface area (Å²) in [5, 5.41) is 0.702. The van der Waals surface area contributed by atoms with Gasteiger partial charge in [-0.05, 0) is 39.3 Å². The molecule has 0 saturated carbocycles. The van der Waals surface area contributed by atoms with Gasteiger partial charge in [-0.1, -0.05) is 11.8 Å². The molecule has 0 fully saturated rings. The predicted molar refractivity (Wildman–Crippen MR) is 89.7 cm³/mol. The molecule has 3 heterocycles. The van der Waals surface area contributed by atoms with Crippen molar-refractivity contribution < 1.29 is 4.79 Å². The van der Waals surface area contributed by atoms with Crippen LogP contribution < -0.4 is 0 Å². The molecule has 3 aromatic rings. The number of rotatable bonds is 4. The summed E-state index contributed by atoms with van der Waals surface area (Å²) in [5.41, 5.74) is 4.07. The summed E-state index contributed by atoms with van der Waals surface area (Å²) < 4.78 is 0. The summed E-state index contributed by atoms with van der Waals surface area (Å²) in [6.07, 6.45) is 1.75. The van der Waals surface area contributed by atoms with Gasteiger partial charge in [0, 0.05) is 6.20 Å². The van der Waals surface area contributed by atoms with Crippen LogP contribution in [0.1, 0.15) is 40.2 Å². The molecule has 0 aliphatic carbocycles. The number of carbonyl (C=O) groups excluding carboxylic acids is 1. The molecule has 0 bridgehead atoms. The van der Waals surface area contributed by atoms with Crippen molar-refractivity contribution in [3.8, 4) is 0 Å². The Morgan fingerprint density at radius 3 is 2.70 bits per heavy atom. The first-order valence-corrected chi connectivity index (χ1v) is 8.23. The molecular formula is C16H17N5OS. The summed E-state index contributed by atoms with van der Waals surface area (Å²) in [4.78, 5) is 32.6. The van der Waals surface area contributed by atoms with Crippen molar-refractivity contribution in [3.05, 3.63) is 40.7 Å². The third-order valence-electron chi connectivity index (χ3n) is 3.52. The Kier molecular flexibility index (Phi) is 4.12. The average Bonchev–Trinajstić information content (AvgIpc) is 2.88. The number of carbonyl (C=O) groups is 1. The summed E-state index contributed by atoms with van der Waals surface area (Å²) >= 11 is 1.48. The van der Waals surface area contributed by atoms with E-state index < -0.39 is 0 Å². The summed E-state index contributed by atoms with van der Waals surface area (Å²) in [6.45, 7) is 7.23. The molecule has 0 amide bonds. The summed E-state index contributed by atoms with van der Waals surface area (Å²) in [7, 11) is 0. The number of imidazole rings is 1. The van der Waals surface area contributed by atoms with Crippen LogP contribution in [-0.2, 0) is 5.75 Å². The van der Waals surface area contributed by atoms with Crippen LogP contribution in [0.5, 0.6) is 0 Å². The van der Waals surface area contributed by atoms with Gasteiger partial charge in [-0.15, -0.1) is 0 Å². The highest BCUT2D eigenvalue weighted by atomic mass is 32.2. The standard InChI is InChI=1S/C16H17N5OS/c1-8-5-6-17-15-14(8)20-12(21-15)7-23-16-13(10(3)22)9(2)18-11(4)19-16/h5-6H,7H2,1-4H3,(H,17,20,21). The van der Waals surface area contributed by atoms with Gasteiger partial charge in [-0.2, -0.15) is 0 Å². The Hall–Kier alpha value is -2.28. The molecule has 6 nitrogen and oxygen atoms in total. The van der Waals surface area contributed by atoms with Crippen molar-refractivity contribution in [1.29, 1.82) is 0 Å². The minimum atomic E-state index is -0.0212. The number of pyridine rings is 1. The van der Waals surface area contributed by atoms with Gasteiger partial charge in [0.2, 0.25) is 0 Å². The largest absolute Gasteiger partial charge is 0.340 e. The topological polar surface area (TPSA) is 84.4 Å². The van der Waals surface area contributed by atoms with Crippen molar-refractivity contribution in [3.63, 3.8) is 0 Å². The molecule has 0 radical (unpaired) electrons. The average molecular weight is 327 g/mol. The van der Waals surface area contributed by atoms with Crippen LogP contribution in [0.4, 0.5) is 0 Å². The van der Waals surface area contributed by atoms with E-state index in [2.05, 4.69) is 24.9 Å². The van der Waals surface area contributed by atoms with Crippen molar-refractivity contribution in [2.45, 2.75) is 38.5 Å². The van der Waals surface area contributed by atoms with Crippen molar-refractivity contribution >= 4 is 28.7 Å². The maximum Gasteiger partial charge on any atom is 0.177 e. The fourth-order valence-electron chi connectivity index (χ4n) is 2.48. The van der Waals surface area contributed by atoms with Gasteiger partial charge in [0.15, 0.2) is 11.4 Å². The van der Waals surface area contributed by atoms with E-state index in [-0.39, 0.29) is 5.78 Å². The number of aryl methyl sites for hydroxylation is 3. The van der Waals surface area contributed by atoms with Gasteiger partial charge >= 0.3 is 0 Å². The van der Waals surface area contributed by atoms with Crippen molar-refractivity contribution in [2.24, 2.45) is 0 Å². The molecule has 0 aliphatic rings. The number of nitrogens with zero attached hydrogens (tertiary/aromatic N) is 4. The molecule has 0 atom stereocenters. The van der Waals surface area contributed by atoms with Gasteiger partial charge in [0.05, 0.1) is 22.5 Å². The minimum absolute atomic E-state index is 0.0212. The number of ketones is 1. The van der Waals surface area contributed by atoms with Crippen LogP contribution >= 0.6 is 11.8 Å². The Morgan fingerprint density at radius 1 is 1.22 bits per heavy atom. The van der Waals surface area contributed by atoms with E-state index in [9.17, 15) is 4.79 Å². The molecule has 1 N–H and O–H groups in total. The predicted octanol–water partition coefficient (Wildman–Crippen LogP) is 3.17. The maximum absolute atomic E-state index is 11.9. The number of thioether (sulfide) groups is 1. The van der Waals surface area contributed by atoms with Crippen LogP contribution in [0.2, 0.25) is 0 Å². The van der Waals surface area contributed by atoms with Crippen molar-refractivity contribution in [2.75, 3.05) is 0 Å². The molecule has 118 valence electrons. The van der Waals surface area contributed by atoms with Crippen LogP contribution in [0.3, 0.4) is 0 Å². The van der Waals surface area contributed by atoms with Crippen LogP contribution in [-0.4, -0.2) is 30.7 Å². The highest BCUT2D eigenvalue weighted by molar-refractivity contribution is 7.98. The number of hydrogen-bond acceptors (Lipinski definition) is 6. The quantitative estimate of drug-likeness (QED) is 0.450. The van der Waals surface area contributed by atoms with E-state index in [1.165, 1.54) is 11.8 Å². The summed E-state index contributed by atoms with van der Waals surface area (Å²) in [6, 6.07) is 1.95. The third-order valence-corrected chi connectivity index (χ3v) is 4.50. The third kappa shape index (κ3) is 3.10. The molecule has 0 saturated heterocycles. The van der Waals surface area contributed by atoms with E-state index in [0.29, 0.717) is 27.8 Å². The molecule has 0 aliphatic heterocycles. The van der Waals surface area contributed by atoms with Crippen LogP contribution in [0, 0.1) is 20.8 Å². The first-order chi connectivity index (χ1) is 11.0. The number of Topliss-reactive ketones (excluding diaryl/α,β-unsaturated/α-hetero) is 1. The van der Waals surface area contributed by atoms with E-state index in [1.807, 2.05) is 26.8 Å². The van der Waals surface area contributed by atoms with E-state index in [1.54, 1.807) is 13.1 Å². The number of aromatic nitrogens is 5. The number of H-pyrrole nitrogens is 1. The zero-order valence-electron chi connectivity index (χ0n) is 13.5. The van der Waals surface area contributed by atoms with Gasteiger partial charge in [-0.3, -0.25) is 4.79 Å². The first kappa shape index (κ1) is 15.6. The second kappa shape index (κ2) is 6.08. The van der Waals surface area contributed by atoms with Crippen LogP contribution in [0.25, 0.3) is 11.2 Å². The Morgan fingerprint density at radius 2 is 2.00 bits per heavy atom. The monoisotopic (exact) mass is 327 g/mol. The van der Waals surface area contributed by atoms with Gasteiger partial charge in [0.25, 0.3) is 0 Å². The Balaban J connectivity index is 1.90. The lowest BCUT2D eigenvalue weighted by Crippen LogP contribution is -2.06. The van der Waals surface area contributed by atoms with Crippen molar-refractivity contribution in [1.82, 2.24) is 24.9 Å². The van der Waals surface area contributed by atoms with E-state index in [0.717, 1.165) is 22.6 Å². The number of aromatic amines is 1. The fraction of sp³-hybridized carbons (Fsp3) is 0.312. The van der Waals surface area contributed by atoms with E-state index >= 15 is 0 Å². The Labute approximate surface area is 138 Å². The Bertz CT molecular complexity index is 903. The summed E-state index contributed by atoms with van der Waals surface area (Å²) in [5.74, 6) is 2.05. The highest BCUT2D eigenvalue weighted by Crippen LogP contribution is 2.26. The van der Waals surface area contributed by atoms with E-state index in [4.69, 9.17) is 0 Å². The number of nitrogens with one attached hydrogen (secondary N) is 1. The lowest BCUT2D eigenvalue weighted by atomic mass is 10.2. The number of hydrogen-bond donors (Lipinski definition) is 1. The molecule has 0 aromatic carbocycles. The number of fused-ring (bicyclic) bond motifs is 1. The van der Waals surface area contributed by atoms with Crippen LogP contribution in [0.15, 0.2) is 17.3 Å². The molecule has 7 heteroatoms. The van der Waals surface area contributed by atoms with Gasteiger partial charge < -0.3 is 4.98 Å². The van der Waals surface area contributed by atoms with Gasteiger partial charge in [0.1, 0.15) is 16.7 Å². The highest BCUT2D eigenvalue weighted by Gasteiger charge is 2.16. The fourth-order valence-corrected chi connectivity index (χ4v) is 3.52. The normalized spacial score (nSPS) is 11.1.